The lowest BCUT2D eigenvalue weighted by molar-refractivity contribution is 0.0597. The highest BCUT2D eigenvalue weighted by Gasteiger charge is 2.31. The van der Waals surface area contributed by atoms with Gasteiger partial charge < -0.3 is 14.6 Å². The second kappa shape index (κ2) is 9.18. The number of aromatic nitrogens is 2. The molecule has 1 aromatic carbocycles. The van der Waals surface area contributed by atoms with E-state index in [1.54, 1.807) is 51.1 Å². The van der Waals surface area contributed by atoms with Crippen LogP contribution in [0.15, 0.2) is 36.5 Å². The molecule has 0 spiro atoms. The Balaban J connectivity index is 2.31. The van der Waals surface area contributed by atoms with Gasteiger partial charge in [-0.1, -0.05) is 13.3 Å². The molecule has 32 heavy (non-hydrogen) atoms. The molecule has 3 rings (SSSR count). The number of nitriles is 1. The summed E-state index contributed by atoms with van der Waals surface area (Å²) in [5, 5.41) is 25.0. The highest BCUT2D eigenvalue weighted by Crippen LogP contribution is 2.39. The van der Waals surface area contributed by atoms with E-state index in [9.17, 15) is 15.2 Å². The molecular weight excluding hydrogens is 408 g/mol. The molecule has 0 fully saturated rings. The molecule has 0 saturated heterocycles. The Hall–Kier alpha value is -3.73. The van der Waals surface area contributed by atoms with Crippen molar-refractivity contribution in [2.45, 2.75) is 53.1 Å². The molecule has 0 saturated carbocycles. The highest BCUT2D eigenvalue weighted by molar-refractivity contribution is 5.97. The van der Waals surface area contributed by atoms with Crippen LogP contribution in [-0.4, -0.2) is 33.0 Å². The number of nitrogens with zero attached hydrogens (tertiary/aromatic N) is 4. The van der Waals surface area contributed by atoms with Crippen LogP contribution in [0.25, 0.3) is 5.52 Å². The van der Waals surface area contributed by atoms with Crippen molar-refractivity contribution in [1.29, 1.82) is 5.26 Å². The van der Waals surface area contributed by atoms with E-state index in [0.29, 0.717) is 47.8 Å². The van der Waals surface area contributed by atoms with Crippen LogP contribution < -0.4 is 9.64 Å². The standard InChI is InChI=1S/C24H28N4O4/c1-6-8-18-21(29)19(15-25)20-13-14-26-28(20)22(18)27(23(30)32-24(3,4)5)16-9-11-17(12-10-16)31-7-2/h9-14,29H,6-8H2,1-5H3. The lowest BCUT2D eigenvalue weighted by Gasteiger charge is -2.29. The lowest BCUT2D eigenvalue weighted by Crippen LogP contribution is -2.35. The molecule has 1 amide bonds. The van der Waals surface area contributed by atoms with E-state index in [0.717, 1.165) is 0 Å². The molecule has 0 unspecified atom stereocenters. The second-order valence-electron chi connectivity index (χ2n) is 8.26. The first-order chi connectivity index (χ1) is 15.2. The molecule has 2 heterocycles. The van der Waals surface area contributed by atoms with Gasteiger partial charge in [0.05, 0.1) is 24.0 Å². The van der Waals surface area contributed by atoms with Gasteiger partial charge in [0.2, 0.25) is 0 Å². The van der Waals surface area contributed by atoms with Gasteiger partial charge >= 0.3 is 6.09 Å². The van der Waals surface area contributed by atoms with Crippen LogP contribution in [-0.2, 0) is 11.2 Å². The molecule has 1 N–H and O–H groups in total. The van der Waals surface area contributed by atoms with Gasteiger partial charge in [0.1, 0.15) is 28.7 Å². The minimum atomic E-state index is -0.747. The number of anilines is 2. The molecule has 3 aromatic rings. The van der Waals surface area contributed by atoms with Crippen molar-refractivity contribution in [2.75, 3.05) is 11.5 Å². The van der Waals surface area contributed by atoms with E-state index in [1.807, 2.05) is 13.8 Å². The van der Waals surface area contributed by atoms with E-state index < -0.39 is 11.7 Å². The summed E-state index contributed by atoms with van der Waals surface area (Å²) >= 11 is 0. The van der Waals surface area contributed by atoms with Gasteiger partial charge in [-0.05, 0) is 64.4 Å². The number of hydrogen-bond donors (Lipinski definition) is 1. The average Bonchev–Trinajstić information content (AvgIpc) is 3.20. The summed E-state index contributed by atoms with van der Waals surface area (Å²) in [5.74, 6) is 0.847. The fraction of sp³-hybridized carbons (Fsp3) is 0.375. The van der Waals surface area contributed by atoms with Crippen molar-refractivity contribution in [1.82, 2.24) is 9.61 Å². The van der Waals surface area contributed by atoms with Crippen LogP contribution in [0.5, 0.6) is 11.5 Å². The number of benzene rings is 1. The fourth-order valence-electron chi connectivity index (χ4n) is 3.47. The Labute approximate surface area is 187 Å². The molecule has 0 aliphatic carbocycles. The molecule has 0 radical (unpaired) electrons. The number of pyridine rings is 1. The van der Waals surface area contributed by atoms with Crippen molar-refractivity contribution >= 4 is 23.1 Å². The Bertz CT molecular complexity index is 1150. The van der Waals surface area contributed by atoms with Crippen LogP contribution >= 0.6 is 0 Å². The normalized spacial score (nSPS) is 11.2. The van der Waals surface area contributed by atoms with Crippen molar-refractivity contribution in [3.63, 3.8) is 0 Å². The summed E-state index contributed by atoms with van der Waals surface area (Å²) in [6.45, 7) is 9.73. The predicted molar refractivity (Wildman–Crippen MR) is 122 cm³/mol. The zero-order valence-corrected chi connectivity index (χ0v) is 19.0. The summed E-state index contributed by atoms with van der Waals surface area (Å²) in [6.07, 6.45) is 2.02. The summed E-state index contributed by atoms with van der Waals surface area (Å²) in [4.78, 5) is 14.8. The topological polar surface area (TPSA) is 100 Å². The Morgan fingerprint density at radius 2 is 1.91 bits per heavy atom. The van der Waals surface area contributed by atoms with Gasteiger partial charge in [0.15, 0.2) is 5.82 Å². The third kappa shape index (κ3) is 4.47. The van der Waals surface area contributed by atoms with Gasteiger partial charge in [0.25, 0.3) is 0 Å². The van der Waals surface area contributed by atoms with Crippen LogP contribution in [0.4, 0.5) is 16.3 Å². The van der Waals surface area contributed by atoms with E-state index in [1.165, 1.54) is 15.6 Å². The molecule has 0 atom stereocenters. The number of rotatable bonds is 6. The number of aromatic hydroxyl groups is 1. The Morgan fingerprint density at radius 1 is 1.22 bits per heavy atom. The van der Waals surface area contributed by atoms with Crippen LogP contribution in [0.2, 0.25) is 0 Å². The molecule has 8 heteroatoms. The third-order valence-corrected chi connectivity index (χ3v) is 4.70. The molecule has 0 bridgehead atoms. The van der Waals surface area contributed by atoms with Gasteiger partial charge in [-0.15, -0.1) is 0 Å². The van der Waals surface area contributed by atoms with Crippen LogP contribution in [0, 0.1) is 11.3 Å². The molecule has 0 aliphatic rings. The third-order valence-electron chi connectivity index (χ3n) is 4.70. The largest absolute Gasteiger partial charge is 0.506 e. The molecule has 8 nitrogen and oxygen atoms in total. The quantitative estimate of drug-likeness (QED) is 0.560. The maximum atomic E-state index is 13.4. The average molecular weight is 437 g/mol. The summed E-state index contributed by atoms with van der Waals surface area (Å²) < 4.78 is 12.7. The van der Waals surface area contributed by atoms with E-state index in [2.05, 4.69) is 11.2 Å². The van der Waals surface area contributed by atoms with Crippen molar-refractivity contribution in [3.8, 4) is 17.6 Å². The van der Waals surface area contributed by atoms with E-state index >= 15 is 0 Å². The SMILES string of the molecule is CCCc1c(O)c(C#N)c2ccnn2c1N(C(=O)OC(C)(C)C)c1ccc(OCC)cc1. The highest BCUT2D eigenvalue weighted by atomic mass is 16.6. The molecule has 0 aliphatic heterocycles. The molecule has 168 valence electrons. The summed E-state index contributed by atoms with van der Waals surface area (Å²) in [5.41, 5.74) is 0.731. The number of ether oxygens (including phenoxy) is 2. The van der Waals surface area contributed by atoms with Gasteiger partial charge in [-0.25, -0.2) is 14.2 Å². The maximum Gasteiger partial charge on any atom is 0.420 e. The van der Waals surface area contributed by atoms with Gasteiger partial charge in [-0.2, -0.15) is 10.4 Å². The van der Waals surface area contributed by atoms with Crippen molar-refractivity contribution in [2.24, 2.45) is 0 Å². The predicted octanol–water partition coefficient (Wildman–Crippen LogP) is 5.34. The maximum absolute atomic E-state index is 13.4. The summed E-state index contributed by atoms with van der Waals surface area (Å²) in [6, 6.07) is 10.7. The monoisotopic (exact) mass is 436 g/mol. The van der Waals surface area contributed by atoms with Gasteiger partial charge in [0, 0.05) is 5.56 Å². The summed E-state index contributed by atoms with van der Waals surface area (Å²) in [7, 11) is 0. The van der Waals surface area contributed by atoms with E-state index in [4.69, 9.17) is 9.47 Å². The fourth-order valence-corrected chi connectivity index (χ4v) is 3.47. The zero-order chi connectivity index (χ0) is 23.5. The number of carbonyl (C=O) groups is 1. The van der Waals surface area contributed by atoms with E-state index in [-0.39, 0.29) is 11.3 Å². The molecular formula is C24H28N4O4. The minimum absolute atomic E-state index is 0.116. The smallest absolute Gasteiger partial charge is 0.420 e. The Kier molecular flexibility index (Phi) is 6.58. The first-order valence-electron chi connectivity index (χ1n) is 10.6. The minimum Gasteiger partial charge on any atom is -0.506 e. The lowest BCUT2D eigenvalue weighted by atomic mass is 10.0. The first kappa shape index (κ1) is 22.9. The second-order valence-corrected chi connectivity index (χ2v) is 8.26. The Morgan fingerprint density at radius 3 is 2.47 bits per heavy atom. The van der Waals surface area contributed by atoms with Crippen molar-refractivity contribution in [3.05, 3.63) is 47.7 Å². The number of hydrogen-bond acceptors (Lipinski definition) is 6. The zero-order valence-electron chi connectivity index (χ0n) is 19.0. The van der Waals surface area contributed by atoms with Crippen LogP contribution in [0.3, 0.4) is 0 Å². The number of fused-ring (bicyclic) bond motifs is 1. The number of carbonyl (C=O) groups excluding carboxylic acids is 1. The molecule has 2 aromatic heterocycles. The van der Waals surface area contributed by atoms with Gasteiger partial charge in [-0.3, -0.25) is 0 Å². The van der Waals surface area contributed by atoms with Crippen LogP contribution in [0.1, 0.15) is 52.2 Å². The number of amides is 1. The first-order valence-corrected chi connectivity index (χ1v) is 10.6. The van der Waals surface area contributed by atoms with Crippen molar-refractivity contribution < 1.29 is 19.4 Å².